The van der Waals surface area contributed by atoms with E-state index in [9.17, 15) is 8.42 Å². The molecule has 0 unspecified atom stereocenters. The summed E-state index contributed by atoms with van der Waals surface area (Å²) in [4.78, 5) is 0. The first-order valence-electron chi connectivity index (χ1n) is 5.36. The first-order chi connectivity index (χ1) is 8.44. The normalized spacial score (nSPS) is 9.95. The van der Waals surface area contributed by atoms with Gasteiger partial charge < -0.3 is 21.7 Å². The van der Waals surface area contributed by atoms with E-state index < -0.39 is 10.1 Å². The van der Waals surface area contributed by atoms with Crippen LogP contribution in [0.2, 0.25) is 0 Å². The molecule has 1 aromatic carbocycles. The molecule has 0 bridgehead atoms. The summed E-state index contributed by atoms with van der Waals surface area (Å²) < 4.78 is 39.9. The predicted octanol–water partition coefficient (Wildman–Crippen LogP) is -2.31. The molecule has 1 aromatic rings. The van der Waals surface area contributed by atoms with E-state index in [0.717, 1.165) is 5.69 Å². The van der Waals surface area contributed by atoms with E-state index in [1.54, 1.807) is 32.4 Å². The molecule has 0 fully saturated rings. The molecule has 9 heteroatoms. The summed E-state index contributed by atoms with van der Waals surface area (Å²) >= 11 is 0. The fraction of sp³-hybridized carbons (Fsp3) is 0.455. The Morgan fingerprint density at radius 2 is 1.70 bits per heavy atom. The number of methoxy groups -OCH3 is 2. The Morgan fingerprint density at radius 3 is 2.10 bits per heavy atom. The van der Waals surface area contributed by atoms with Gasteiger partial charge in [0, 0.05) is 30.4 Å². The maximum Gasteiger partial charge on any atom is 1.00 e. The van der Waals surface area contributed by atoms with Crippen LogP contribution in [-0.4, -0.2) is 45.0 Å². The molecule has 0 atom stereocenters. The monoisotopic (exact) mass is 317 g/mol. The zero-order chi connectivity index (χ0) is 13.6. The van der Waals surface area contributed by atoms with E-state index in [1.165, 1.54) is 0 Å². The Balaban J connectivity index is -0.00000108. The molecule has 0 saturated carbocycles. The standard InChI is InChI=1S/C11H17NO5S.Na.H2O.H/c1-16-10-6-9(7-11(8-10)17-2)12-4-3-5-18(13,14)15;;;/h6-8,12H,3-5H2,1-2H3,(H,13,14,15);;1H2;/q;+1;;-1. The summed E-state index contributed by atoms with van der Waals surface area (Å²) in [5, 5.41) is 3.03. The average molecular weight is 317 g/mol. The van der Waals surface area contributed by atoms with Crippen LogP contribution in [0.3, 0.4) is 0 Å². The minimum atomic E-state index is -3.89. The number of nitrogens with one attached hydrogen (secondary N) is 1. The molecule has 0 radical (unpaired) electrons. The van der Waals surface area contributed by atoms with Crippen molar-refractivity contribution in [1.82, 2.24) is 0 Å². The Labute approximate surface area is 142 Å². The summed E-state index contributed by atoms with van der Waals surface area (Å²) in [5.74, 6) is 1.03. The number of anilines is 1. The maximum atomic E-state index is 10.5. The number of ether oxygens (including phenoxy) is 2. The zero-order valence-electron chi connectivity index (χ0n) is 12.8. The van der Waals surface area contributed by atoms with Gasteiger partial charge in [-0.25, -0.2) is 0 Å². The van der Waals surface area contributed by atoms with Crippen molar-refractivity contribution in [2.45, 2.75) is 6.42 Å². The van der Waals surface area contributed by atoms with E-state index >= 15 is 0 Å². The van der Waals surface area contributed by atoms with E-state index in [2.05, 4.69) is 5.32 Å². The van der Waals surface area contributed by atoms with E-state index in [-0.39, 0.29) is 42.2 Å². The fourth-order valence-corrected chi connectivity index (χ4v) is 1.91. The molecule has 0 aliphatic rings. The van der Waals surface area contributed by atoms with E-state index in [4.69, 9.17) is 14.0 Å². The Morgan fingerprint density at radius 1 is 1.20 bits per heavy atom. The Kier molecular flexibility index (Phi) is 11.2. The van der Waals surface area contributed by atoms with Gasteiger partial charge in [-0.1, -0.05) is 0 Å². The first-order valence-corrected chi connectivity index (χ1v) is 6.97. The van der Waals surface area contributed by atoms with Gasteiger partial charge in [0.1, 0.15) is 11.5 Å². The summed E-state index contributed by atoms with van der Waals surface area (Å²) in [6.07, 6.45) is 0.318. The molecule has 0 amide bonds. The molecule has 7 nitrogen and oxygen atoms in total. The second-order valence-corrected chi connectivity index (χ2v) is 5.24. The van der Waals surface area contributed by atoms with Crippen molar-refractivity contribution in [3.8, 4) is 11.5 Å². The second-order valence-electron chi connectivity index (χ2n) is 3.67. The van der Waals surface area contributed by atoms with Gasteiger partial charge >= 0.3 is 29.6 Å². The Hall–Kier alpha value is -0.510. The van der Waals surface area contributed by atoms with Crippen LogP contribution in [-0.2, 0) is 10.1 Å². The minimum absolute atomic E-state index is 0. The van der Waals surface area contributed by atoms with Gasteiger partial charge in [-0.15, -0.1) is 0 Å². The van der Waals surface area contributed by atoms with Gasteiger partial charge in [0.25, 0.3) is 10.1 Å². The maximum absolute atomic E-state index is 10.5. The number of hydrogen-bond donors (Lipinski definition) is 2. The molecular weight excluding hydrogens is 297 g/mol. The van der Waals surface area contributed by atoms with Crippen LogP contribution in [0.5, 0.6) is 11.5 Å². The van der Waals surface area contributed by atoms with Crippen LogP contribution >= 0.6 is 0 Å². The predicted molar refractivity (Wildman–Crippen MR) is 73.8 cm³/mol. The second kappa shape index (κ2) is 10.3. The average Bonchev–Trinajstić information content (AvgIpc) is 2.33. The van der Waals surface area contributed by atoms with Crippen molar-refractivity contribution in [2.75, 3.05) is 31.8 Å². The van der Waals surface area contributed by atoms with Crippen LogP contribution in [0.1, 0.15) is 7.85 Å². The number of rotatable bonds is 7. The molecular formula is C11H20NNaO6S. The zero-order valence-corrected chi connectivity index (χ0v) is 14.7. The largest absolute Gasteiger partial charge is 1.00 e. The third-order valence-electron chi connectivity index (χ3n) is 2.26. The molecule has 0 saturated heterocycles. The Bertz CT molecular complexity index is 477. The third kappa shape index (κ3) is 8.62. The fourth-order valence-electron chi connectivity index (χ4n) is 1.40. The number of hydrogen-bond acceptors (Lipinski definition) is 5. The van der Waals surface area contributed by atoms with Gasteiger partial charge in [-0.2, -0.15) is 8.42 Å². The van der Waals surface area contributed by atoms with E-state index in [0.29, 0.717) is 24.5 Å². The summed E-state index contributed by atoms with van der Waals surface area (Å²) in [5.41, 5.74) is 0.765. The van der Waals surface area contributed by atoms with Crippen LogP contribution in [0.15, 0.2) is 18.2 Å². The molecule has 0 aliphatic heterocycles. The van der Waals surface area contributed by atoms with Crippen LogP contribution in [0.25, 0.3) is 0 Å². The summed E-state index contributed by atoms with van der Waals surface area (Å²) in [6, 6.07) is 5.29. The molecule has 0 spiro atoms. The van der Waals surface area contributed by atoms with Gasteiger partial charge in [0.05, 0.1) is 20.0 Å². The minimum Gasteiger partial charge on any atom is -1.00 e. The first kappa shape index (κ1) is 21.8. The molecule has 1 rings (SSSR count). The van der Waals surface area contributed by atoms with Crippen molar-refractivity contribution in [3.63, 3.8) is 0 Å². The third-order valence-corrected chi connectivity index (χ3v) is 3.06. The quantitative estimate of drug-likeness (QED) is 0.331. The van der Waals surface area contributed by atoms with Gasteiger partial charge in [0.15, 0.2) is 0 Å². The van der Waals surface area contributed by atoms with Gasteiger partial charge in [-0.05, 0) is 6.42 Å². The van der Waals surface area contributed by atoms with Crippen molar-refractivity contribution >= 4 is 15.8 Å². The van der Waals surface area contributed by atoms with Crippen molar-refractivity contribution in [2.24, 2.45) is 0 Å². The van der Waals surface area contributed by atoms with Crippen LogP contribution in [0, 0.1) is 0 Å². The van der Waals surface area contributed by atoms with Crippen LogP contribution in [0.4, 0.5) is 5.69 Å². The molecule has 0 aliphatic carbocycles. The van der Waals surface area contributed by atoms with E-state index in [1.807, 2.05) is 0 Å². The van der Waals surface area contributed by atoms with Crippen molar-refractivity contribution in [3.05, 3.63) is 18.2 Å². The molecule has 0 aromatic heterocycles. The SMILES string of the molecule is COc1cc(NCCCS(=O)(=O)O)cc(OC)c1.O.[H-].[Na+]. The number of benzene rings is 1. The van der Waals surface area contributed by atoms with Crippen LogP contribution < -0.4 is 44.3 Å². The molecule has 4 N–H and O–H groups in total. The summed E-state index contributed by atoms with van der Waals surface area (Å²) in [7, 11) is -0.789. The van der Waals surface area contributed by atoms with Gasteiger partial charge in [0.2, 0.25) is 0 Å². The molecule has 20 heavy (non-hydrogen) atoms. The molecule has 112 valence electrons. The van der Waals surface area contributed by atoms with Crippen molar-refractivity contribution < 1.29 is 58.9 Å². The summed E-state index contributed by atoms with van der Waals surface area (Å²) in [6.45, 7) is 0.427. The van der Waals surface area contributed by atoms with Crippen molar-refractivity contribution in [1.29, 1.82) is 0 Å². The van der Waals surface area contributed by atoms with Gasteiger partial charge in [-0.3, -0.25) is 4.55 Å². The smallest absolute Gasteiger partial charge is 1.00 e. The molecule has 0 heterocycles. The topological polar surface area (TPSA) is 116 Å².